The molecule has 1 aliphatic heterocycles. The molecule has 1 aliphatic rings. The molecule has 0 unspecified atom stereocenters. The summed E-state index contributed by atoms with van der Waals surface area (Å²) in [5.41, 5.74) is 0.653. The van der Waals surface area contributed by atoms with Gasteiger partial charge in [-0.2, -0.15) is 4.31 Å². The van der Waals surface area contributed by atoms with Crippen LogP contribution in [-0.4, -0.2) is 30.4 Å². The van der Waals surface area contributed by atoms with E-state index in [1.54, 1.807) is 12.1 Å². The van der Waals surface area contributed by atoms with E-state index in [9.17, 15) is 13.2 Å². The van der Waals surface area contributed by atoms with Gasteiger partial charge in [0.2, 0.25) is 10.0 Å². The van der Waals surface area contributed by atoms with E-state index in [1.807, 2.05) is 12.1 Å². The Morgan fingerprint density at radius 3 is 2.20 bits per heavy atom. The quantitative estimate of drug-likeness (QED) is 0.818. The molecule has 0 aliphatic carbocycles. The first-order valence-electron chi connectivity index (χ1n) is 8.42. The van der Waals surface area contributed by atoms with Crippen molar-refractivity contribution in [1.82, 2.24) is 8.87 Å². The highest BCUT2D eigenvalue weighted by Crippen LogP contribution is 2.19. The molecular formula is C18H21ClN2O3S. The van der Waals surface area contributed by atoms with Crippen molar-refractivity contribution in [3.8, 4) is 0 Å². The number of benzene rings is 1. The van der Waals surface area contributed by atoms with Crippen molar-refractivity contribution >= 4 is 21.6 Å². The molecule has 1 aromatic carbocycles. The highest BCUT2D eigenvalue weighted by molar-refractivity contribution is 7.89. The van der Waals surface area contributed by atoms with Gasteiger partial charge < -0.3 is 4.57 Å². The molecule has 7 heteroatoms. The van der Waals surface area contributed by atoms with E-state index in [2.05, 4.69) is 0 Å². The molecule has 1 aromatic heterocycles. The fraction of sp³-hybridized carbons (Fsp3) is 0.389. The number of halogens is 1. The zero-order valence-corrected chi connectivity index (χ0v) is 15.5. The standard InChI is InChI=1S/C18H21ClN2O3S/c19-16-7-5-15(6-8-16)13-20-14-17(9-10-18(20)22)25(23,24)21-11-3-1-2-4-12-21/h5-10,14H,1-4,11-13H2. The molecule has 25 heavy (non-hydrogen) atoms. The molecule has 2 heterocycles. The molecule has 0 bridgehead atoms. The summed E-state index contributed by atoms with van der Waals surface area (Å²) in [6.45, 7) is 1.39. The smallest absolute Gasteiger partial charge is 0.250 e. The summed E-state index contributed by atoms with van der Waals surface area (Å²) < 4.78 is 28.7. The van der Waals surface area contributed by atoms with Gasteiger partial charge in [-0.15, -0.1) is 0 Å². The zero-order valence-electron chi connectivity index (χ0n) is 13.9. The van der Waals surface area contributed by atoms with Crippen LogP contribution in [-0.2, 0) is 16.6 Å². The van der Waals surface area contributed by atoms with Gasteiger partial charge in [0.15, 0.2) is 0 Å². The van der Waals surface area contributed by atoms with E-state index in [0.29, 0.717) is 24.7 Å². The van der Waals surface area contributed by atoms with Crippen LogP contribution in [0.15, 0.2) is 52.3 Å². The van der Waals surface area contributed by atoms with Gasteiger partial charge in [0.05, 0.1) is 11.4 Å². The van der Waals surface area contributed by atoms with E-state index in [1.165, 1.54) is 27.2 Å². The van der Waals surface area contributed by atoms with Crippen molar-refractivity contribution in [1.29, 1.82) is 0 Å². The van der Waals surface area contributed by atoms with Crippen molar-refractivity contribution in [2.24, 2.45) is 0 Å². The lowest BCUT2D eigenvalue weighted by molar-refractivity contribution is 0.423. The maximum Gasteiger partial charge on any atom is 0.250 e. The number of aromatic nitrogens is 1. The lowest BCUT2D eigenvalue weighted by Crippen LogP contribution is -2.33. The van der Waals surface area contributed by atoms with Crippen LogP contribution in [0.5, 0.6) is 0 Å². The number of hydrogen-bond acceptors (Lipinski definition) is 3. The fourth-order valence-electron chi connectivity index (χ4n) is 3.00. The maximum atomic E-state index is 12.9. The van der Waals surface area contributed by atoms with Crippen LogP contribution in [0.25, 0.3) is 0 Å². The molecule has 0 radical (unpaired) electrons. The largest absolute Gasteiger partial charge is 0.310 e. The molecule has 3 rings (SSSR count). The first kappa shape index (κ1) is 18.2. The van der Waals surface area contributed by atoms with Crippen LogP contribution in [0, 0.1) is 0 Å². The molecule has 0 amide bonds. The number of sulfonamides is 1. The van der Waals surface area contributed by atoms with Crippen LogP contribution < -0.4 is 5.56 Å². The van der Waals surface area contributed by atoms with E-state index >= 15 is 0 Å². The van der Waals surface area contributed by atoms with Crippen molar-refractivity contribution in [3.63, 3.8) is 0 Å². The minimum Gasteiger partial charge on any atom is -0.310 e. The van der Waals surface area contributed by atoms with Gasteiger partial charge >= 0.3 is 0 Å². The summed E-state index contributed by atoms with van der Waals surface area (Å²) >= 11 is 5.88. The van der Waals surface area contributed by atoms with Crippen molar-refractivity contribution in [3.05, 3.63) is 63.5 Å². The molecule has 0 N–H and O–H groups in total. The second-order valence-corrected chi connectivity index (χ2v) is 8.65. The predicted octanol–water partition coefficient (Wildman–Crippen LogP) is 3.11. The minimum atomic E-state index is -3.57. The van der Waals surface area contributed by atoms with Gasteiger partial charge in [-0.3, -0.25) is 4.79 Å². The van der Waals surface area contributed by atoms with Gasteiger partial charge in [-0.25, -0.2) is 8.42 Å². The second kappa shape index (κ2) is 7.72. The van der Waals surface area contributed by atoms with Gasteiger partial charge in [0, 0.05) is 30.4 Å². The summed E-state index contributed by atoms with van der Waals surface area (Å²) in [6, 6.07) is 9.87. The minimum absolute atomic E-state index is 0.169. The van der Waals surface area contributed by atoms with Gasteiger partial charge in [0.1, 0.15) is 0 Å². The third-order valence-electron chi connectivity index (χ3n) is 4.43. The Labute approximate surface area is 152 Å². The van der Waals surface area contributed by atoms with Crippen molar-refractivity contribution < 1.29 is 8.42 Å². The van der Waals surface area contributed by atoms with E-state index in [0.717, 1.165) is 31.2 Å². The Bertz CT molecular complexity index is 883. The number of hydrogen-bond donors (Lipinski definition) is 0. The average Bonchev–Trinajstić information content (AvgIpc) is 2.88. The maximum absolute atomic E-state index is 12.9. The zero-order chi connectivity index (χ0) is 17.9. The summed E-state index contributed by atoms with van der Waals surface area (Å²) in [5.74, 6) is 0. The van der Waals surface area contributed by atoms with Crippen LogP contribution in [0.3, 0.4) is 0 Å². The molecule has 134 valence electrons. The van der Waals surface area contributed by atoms with E-state index in [4.69, 9.17) is 11.6 Å². The molecule has 0 saturated carbocycles. The lowest BCUT2D eigenvalue weighted by atomic mass is 10.2. The Morgan fingerprint density at radius 1 is 0.920 bits per heavy atom. The molecule has 1 fully saturated rings. The number of nitrogens with zero attached hydrogens (tertiary/aromatic N) is 2. The number of rotatable bonds is 4. The third kappa shape index (κ3) is 4.32. The van der Waals surface area contributed by atoms with Crippen LogP contribution in [0.2, 0.25) is 5.02 Å². The van der Waals surface area contributed by atoms with Gasteiger partial charge in [-0.1, -0.05) is 36.6 Å². The van der Waals surface area contributed by atoms with Crippen molar-refractivity contribution in [2.75, 3.05) is 13.1 Å². The van der Waals surface area contributed by atoms with Crippen LogP contribution in [0.4, 0.5) is 0 Å². The monoisotopic (exact) mass is 380 g/mol. The Hall–Kier alpha value is -1.63. The molecule has 5 nitrogen and oxygen atoms in total. The van der Waals surface area contributed by atoms with E-state index < -0.39 is 10.0 Å². The number of pyridine rings is 1. The van der Waals surface area contributed by atoms with Crippen LogP contribution in [0.1, 0.15) is 31.2 Å². The third-order valence-corrected chi connectivity index (χ3v) is 6.56. The summed E-state index contributed by atoms with van der Waals surface area (Å²) in [4.78, 5) is 12.3. The molecular weight excluding hydrogens is 360 g/mol. The highest BCUT2D eigenvalue weighted by atomic mass is 35.5. The molecule has 0 spiro atoms. The Morgan fingerprint density at radius 2 is 1.56 bits per heavy atom. The first-order chi connectivity index (χ1) is 12.0. The predicted molar refractivity (Wildman–Crippen MR) is 98.5 cm³/mol. The normalized spacial score (nSPS) is 16.5. The Balaban J connectivity index is 1.90. The van der Waals surface area contributed by atoms with E-state index in [-0.39, 0.29) is 10.5 Å². The molecule has 2 aromatic rings. The first-order valence-corrected chi connectivity index (χ1v) is 10.2. The fourth-order valence-corrected chi connectivity index (χ4v) is 4.67. The average molecular weight is 381 g/mol. The molecule has 0 atom stereocenters. The Kier molecular flexibility index (Phi) is 5.61. The summed E-state index contributed by atoms with van der Waals surface area (Å²) in [7, 11) is -3.57. The lowest BCUT2D eigenvalue weighted by Gasteiger charge is -2.20. The molecule has 1 saturated heterocycles. The SMILES string of the molecule is O=c1ccc(S(=O)(=O)N2CCCCCC2)cn1Cc1ccc(Cl)cc1. The van der Waals surface area contributed by atoms with Gasteiger partial charge in [0.25, 0.3) is 5.56 Å². The van der Waals surface area contributed by atoms with Crippen LogP contribution >= 0.6 is 11.6 Å². The van der Waals surface area contributed by atoms with Gasteiger partial charge in [-0.05, 0) is 36.6 Å². The second-order valence-electron chi connectivity index (χ2n) is 6.28. The summed E-state index contributed by atoms with van der Waals surface area (Å²) in [6.07, 6.45) is 5.31. The van der Waals surface area contributed by atoms with Crippen molar-refractivity contribution in [2.45, 2.75) is 37.1 Å². The summed E-state index contributed by atoms with van der Waals surface area (Å²) in [5, 5.41) is 0.619. The highest BCUT2D eigenvalue weighted by Gasteiger charge is 2.25. The topological polar surface area (TPSA) is 59.4 Å².